The standard InChI is InChI=1S/C20H25N3O6/c1-4-6-22-18(25)19(26)23(20(22)27)11-17(24)21-10-14-9-16-13(7-12(3)29-16)8-15(14)28-5-2/h8-9,12H,4-7,10-11H2,1-3H3,(H,21,24)/t12-/m1/s1. The molecule has 156 valence electrons. The van der Waals surface area contributed by atoms with Gasteiger partial charge >= 0.3 is 17.8 Å². The molecule has 9 nitrogen and oxygen atoms in total. The molecule has 3 rings (SSSR count). The van der Waals surface area contributed by atoms with Gasteiger partial charge in [-0.15, -0.1) is 0 Å². The molecular weight excluding hydrogens is 378 g/mol. The molecule has 0 saturated carbocycles. The summed E-state index contributed by atoms with van der Waals surface area (Å²) in [6.07, 6.45) is 1.41. The van der Waals surface area contributed by atoms with E-state index in [0.717, 1.165) is 28.2 Å². The highest BCUT2D eigenvalue weighted by molar-refractivity contribution is 6.45. The zero-order chi connectivity index (χ0) is 21.1. The molecule has 0 spiro atoms. The molecule has 0 aromatic heterocycles. The van der Waals surface area contributed by atoms with Crippen molar-refractivity contribution in [3.05, 3.63) is 23.3 Å². The summed E-state index contributed by atoms with van der Waals surface area (Å²) in [5, 5.41) is 2.68. The summed E-state index contributed by atoms with van der Waals surface area (Å²) in [5.41, 5.74) is 1.79. The number of hydrogen-bond donors (Lipinski definition) is 1. The van der Waals surface area contributed by atoms with Gasteiger partial charge in [0, 0.05) is 30.6 Å². The van der Waals surface area contributed by atoms with Crippen LogP contribution in [0.1, 0.15) is 38.3 Å². The molecule has 29 heavy (non-hydrogen) atoms. The van der Waals surface area contributed by atoms with Crippen LogP contribution >= 0.6 is 0 Å². The van der Waals surface area contributed by atoms with Gasteiger partial charge in [0.2, 0.25) is 5.91 Å². The number of urea groups is 1. The van der Waals surface area contributed by atoms with Crippen LogP contribution in [0.2, 0.25) is 0 Å². The van der Waals surface area contributed by atoms with Crippen molar-refractivity contribution in [3.63, 3.8) is 0 Å². The molecule has 0 bridgehead atoms. The van der Waals surface area contributed by atoms with Crippen LogP contribution in [0.15, 0.2) is 12.1 Å². The van der Waals surface area contributed by atoms with Gasteiger partial charge in [-0.25, -0.2) is 9.69 Å². The van der Waals surface area contributed by atoms with E-state index in [-0.39, 0.29) is 19.2 Å². The summed E-state index contributed by atoms with van der Waals surface area (Å²) in [5.74, 6) is -1.01. The molecule has 5 amide bonds. The minimum atomic E-state index is -0.978. The first kappa shape index (κ1) is 20.6. The molecule has 0 unspecified atom stereocenters. The van der Waals surface area contributed by atoms with Crippen molar-refractivity contribution in [2.45, 2.75) is 46.3 Å². The molecule has 2 aliphatic rings. The fourth-order valence-corrected chi connectivity index (χ4v) is 3.41. The molecule has 1 atom stereocenters. The lowest BCUT2D eigenvalue weighted by Crippen LogP contribution is -2.41. The van der Waals surface area contributed by atoms with Gasteiger partial charge in [0.15, 0.2) is 0 Å². The van der Waals surface area contributed by atoms with Crippen molar-refractivity contribution < 1.29 is 28.7 Å². The maximum absolute atomic E-state index is 12.3. The van der Waals surface area contributed by atoms with Gasteiger partial charge in [-0.2, -0.15) is 0 Å². The minimum absolute atomic E-state index is 0.0834. The monoisotopic (exact) mass is 403 g/mol. The Morgan fingerprint density at radius 2 is 1.93 bits per heavy atom. The van der Waals surface area contributed by atoms with Gasteiger partial charge < -0.3 is 14.8 Å². The number of hydrogen-bond acceptors (Lipinski definition) is 6. The Hall–Kier alpha value is -3.10. The lowest BCUT2D eigenvalue weighted by atomic mass is 10.1. The van der Waals surface area contributed by atoms with E-state index < -0.39 is 30.3 Å². The van der Waals surface area contributed by atoms with Crippen LogP contribution in [0.4, 0.5) is 4.79 Å². The van der Waals surface area contributed by atoms with E-state index in [1.54, 1.807) is 6.92 Å². The molecule has 1 saturated heterocycles. The summed E-state index contributed by atoms with van der Waals surface area (Å²) >= 11 is 0. The maximum atomic E-state index is 12.3. The van der Waals surface area contributed by atoms with Gasteiger partial charge in [-0.05, 0) is 32.4 Å². The Bertz CT molecular complexity index is 853. The highest BCUT2D eigenvalue weighted by Crippen LogP contribution is 2.35. The minimum Gasteiger partial charge on any atom is -0.494 e. The molecule has 1 fully saturated rings. The first-order valence-electron chi connectivity index (χ1n) is 9.74. The number of imide groups is 2. The Labute approximate surface area is 168 Å². The van der Waals surface area contributed by atoms with Crippen LogP contribution in [-0.2, 0) is 27.3 Å². The quantitative estimate of drug-likeness (QED) is 0.517. The van der Waals surface area contributed by atoms with Crippen molar-refractivity contribution in [2.24, 2.45) is 0 Å². The molecule has 2 aliphatic heterocycles. The van der Waals surface area contributed by atoms with Gasteiger partial charge in [0.1, 0.15) is 24.1 Å². The molecule has 0 radical (unpaired) electrons. The van der Waals surface area contributed by atoms with Crippen molar-refractivity contribution in [1.29, 1.82) is 0 Å². The highest BCUT2D eigenvalue weighted by atomic mass is 16.5. The predicted molar refractivity (Wildman–Crippen MR) is 102 cm³/mol. The zero-order valence-corrected chi connectivity index (χ0v) is 16.8. The second kappa shape index (κ2) is 8.50. The van der Waals surface area contributed by atoms with Crippen LogP contribution in [0.5, 0.6) is 11.5 Å². The van der Waals surface area contributed by atoms with E-state index in [1.165, 1.54) is 0 Å². The lowest BCUT2D eigenvalue weighted by Gasteiger charge is -2.16. The smallest absolute Gasteiger partial charge is 0.334 e. The fourth-order valence-electron chi connectivity index (χ4n) is 3.41. The molecule has 2 heterocycles. The average Bonchev–Trinajstić information content (AvgIpc) is 3.13. The number of amides is 5. The van der Waals surface area contributed by atoms with Crippen LogP contribution in [0.3, 0.4) is 0 Å². The Morgan fingerprint density at radius 1 is 1.21 bits per heavy atom. The molecule has 9 heteroatoms. The van der Waals surface area contributed by atoms with E-state index in [1.807, 2.05) is 26.0 Å². The fraction of sp³-hybridized carbons (Fsp3) is 0.500. The van der Waals surface area contributed by atoms with Crippen LogP contribution in [0.25, 0.3) is 0 Å². The molecule has 1 aromatic rings. The van der Waals surface area contributed by atoms with E-state index in [0.29, 0.717) is 23.7 Å². The second-order valence-electron chi connectivity index (χ2n) is 7.04. The highest BCUT2D eigenvalue weighted by Gasteiger charge is 2.44. The summed E-state index contributed by atoms with van der Waals surface area (Å²) < 4.78 is 11.4. The molecule has 1 aromatic carbocycles. The summed E-state index contributed by atoms with van der Waals surface area (Å²) in [6.45, 7) is 5.90. The summed E-state index contributed by atoms with van der Waals surface area (Å²) in [7, 11) is 0. The average molecular weight is 403 g/mol. The number of rotatable bonds is 8. The maximum Gasteiger partial charge on any atom is 0.334 e. The topological polar surface area (TPSA) is 105 Å². The second-order valence-corrected chi connectivity index (χ2v) is 7.04. The Morgan fingerprint density at radius 3 is 2.62 bits per heavy atom. The van der Waals surface area contributed by atoms with E-state index in [9.17, 15) is 19.2 Å². The largest absolute Gasteiger partial charge is 0.494 e. The molecular formula is C20H25N3O6. The van der Waals surface area contributed by atoms with Crippen molar-refractivity contribution in [3.8, 4) is 11.5 Å². The third-order valence-electron chi connectivity index (χ3n) is 4.74. The predicted octanol–water partition coefficient (Wildman–Crippen LogP) is 1.23. The van der Waals surface area contributed by atoms with Gasteiger partial charge in [-0.1, -0.05) is 6.92 Å². The zero-order valence-electron chi connectivity index (χ0n) is 16.8. The van der Waals surface area contributed by atoms with Gasteiger partial charge in [0.25, 0.3) is 0 Å². The Kier molecular flexibility index (Phi) is 6.05. The number of ether oxygens (including phenoxy) is 2. The van der Waals surface area contributed by atoms with Gasteiger partial charge in [-0.3, -0.25) is 19.3 Å². The lowest BCUT2D eigenvalue weighted by molar-refractivity contribution is -0.144. The van der Waals surface area contributed by atoms with Crippen LogP contribution < -0.4 is 14.8 Å². The van der Waals surface area contributed by atoms with E-state index >= 15 is 0 Å². The number of carbonyl (C=O) groups excluding carboxylic acids is 4. The Balaban J connectivity index is 1.65. The molecule has 1 N–H and O–H groups in total. The third kappa shape index (κ3) is 4.18. The van der Waals surface area contributed by atoms with E-state index in [4.69, 9.17) is 9.47 Å². The third-order valence-corrected chi connectivity index (χ3v) is 4.74. The first-order chi connectivity index (χ1) is 13.8. The number of nitrogens with one attached hydrogen (secondary N) is 1. The van der Waals surface area contributed by atoms with Gasteiger partial charge in [0.05, 0.1) is 6.61 Å². The van der Waals surface area contributed by atoms with Crippen molar-refractivity contribution in [1.82, 2.24) is 15.1 Å². The number of fused-ring (bicyclic) bond motifs is 1. The normalized spacial score (nSPS) is 18.2. The molecule has 0 aliphatic carbocycles. The van der Waals surface area contributed by atoms with Crippen LogP contribution in [-0.4, -0.2) is 59.4 Å². The van der Waals surface area contributed by atoms with Crippen molar-refractivity contribution in [2.75, 3.05) is 19.7 Å². The van der Waals surface area contributed by atoms with Crippen LogP contribution in [0, 0.1) is 0 Å². The number of benzene rings is 1. The first-order valence-corrected chi connectivity index (χ1v) is 9.74. The number of nitrogens with zero attached hydrogens (tertiary/aromatic N) is 2. The summed E-state index contributed by atoms with van der Waals surface area (Å²) in [6, 6.07) is 2.99. The SMILES string of the molecule is CCCN1C(=O)C(=O)N(CC(=O)NCc2cc3c(cc2OCC)C[C@@H](C)O3)C1=O. The van der Waals surface area contributed by atoms with E-state index in [2.05, 4.69) is 5.32 Å². The number of carbonyl (C=O) groups is 4. The van der Waals surface area contributed by atoms with Crippen molar-refractivity contribution >= 4 is 23.8 Å². The summed E-state index contributed by atoms with van der Waals surface area (Å²) in [4.78, 5) is 50.0.